The van der Waals surface area contributed by atoms with Gasteiger partial charge in [-0.15, -0.1) is 11.3 Å². The van der Waals surface area contributed by atoms with E-state index in [1.54, 1.807) is 35.8 Å². The topological polar surface area (TPSA) is 59.1 Å². The van der Waals surface area contributed by atoms with Crippen LogP contribution in [0.1, 0.15) is 10.6 Å². The summed E-state index contributed by atoms with van der Waals surface area (Å²) in [6.07, 6.45) is 1.64. The van der Waals surface area contributed by atoms with Gasteiger partial charge in [-0.2, -0.15) is 0 Å². The maximum absolute atomic E-state index is 11.9. The quantitative estimate of drug-likeness (QED) is 0.923. The lowest BCUT2D eigenvalue weighted by Crippen LogP contribution is -2.24. The van der Waals surface area contributed by atoms with E-state index in [-0.39, 0.29) is 12.3 Å². The summed E-state index contributed by atoms with van der Waals surface area (Å²) >= 11 is 7.34. The number of halogens is 1. The molecule has 7 heteroatoms. The van der Waals surface area contributed by atoms with Crippen molar-refractivity contribution >= 4 is 33.0 Å². The monoisotopic (exact) mass is 302 g/mol. The molecule has 0 saturated carbocycles. The van der Waals surface area contributed by atoms with Crippen molar-refractivity contribution in [3.63, 3.8) is 0 Å². The van der Waals surface area contributed by atoms with Gasteiger partial charge in [0.2, 0.25) is 10.0 Å². The Balaban J connectivity index is 2.02. The molecule has 0 aliphatic heterocycles. The predicted octanol–water partition coefficient (Wildman–Crippen LogP) is 2.42. The fraction of sp³-hybridized carbons (Fsp3) is 0.182. The highest BCUT2D eigenvalue weighted by Crippen LogP contribution is 2.17. The first-order chi connectivity index (χ1) is 8.57. The van der Waals surface area contributed by atoms with Crippen LogP contribution in [0.5, 0.6) is 0 Å². The number of sulfonamides is 1. The predicted molar refractivity (Wildman–Crippen MR) is 73.0 cm³/mol. The van der Waals surface area contributed by atoms with Crippen LogP contribution in [0.25, 0.3) is 0 Å². The fourth-order valence-corrected chi connectivity index (χ4v) is 3.43. The summed E-state index contributed by atoms with van der Waals surface area (Å²) in [4.78, 5) is 4.01. The number of nitrogens with one attached hydrogen (secondary N) is 1. The van der Waals surface area contributed by atoms with Gasteiger partial charge in [0.25, 0.3) is 0 Å². The molecule has 0 amide bonds. The SMILES string of the molecule is O=S(=O)(Cc1ccccc1Cl)NCc1nccs1. The smallest absolute Gasteiger partial charge is 0.216 e. The largest absolute Gasteiger partial charge is 0.248 e. The van der Waals surface area contributed by atoms with Crippen molar-refractivity contribution in [2.75, 3.05) is 0 Å². The molecule has 1 aromatic carbocycles. The molecule has 1 N–H and O–H groups in total. The molecular formula is C11H11ClN2O2S2. The molecule has 0 atom stereocenters. The Morgan fingerprint density at radius 3 is 2.78 bits per heavy atom. The van der Waals surface area contributed by atoms with Crippen molar-refractivity contribution in [1.82, 2.24) is 9.71 Å². The van der Waals surface area contributed by atoms with Crippen LogP contribution in [0.3, 0.4) is 0 Å². The van der Waals surface area contributed by atoms with Crippen LogP contribution in [-0.4, -0.2) is 13.4 Å². The highest BCUT2D eigenvalue weighted by Gasteiger charge is 2.13. The Kier molecular flexibility index (Phi) is 4.34. The summed E-state index contributed by atoms with van der Waals surface area (Å²) in [6, 6.07) is 6.90. The molecule has 2 rings (SSSR count). The van der Waals surface area contributed by atoms with Crippen molar-refractivity contribution in [3.05, 3.63) is 51.4 Å². The highest BCUT2D eigenvalue weighted by molar-refractivity contribution is 7.88. The second-order valence-electron chi connectivity index (χ2n) is 3.60. The minimum absolute atomic E-state index is 0.127. The molecule has 18 heavy (non-hydrogen) atoms. The highest BCUT2D eigenvalue weighted by atomic mass is 35.5. The molecule has 1 aromatic heterocycles. The molecule has 0 spiro atoms. The maximum Gasteiger partial charge on any atom is 0.216 e. The normalized spacial score (nSPS) is 11.6. The van der Waals surface area contributed by atoms with Crippen molar-refractivity contribution in [2.45, 2.75) is 12.3 Å². The van der Waals surface area contributed by atoms with Crippen molar-refractivity contribution < 1.29 is 8.42 Å². The lowest BCUT2D eigenvalue weighted by Gasteiger charge is -2.06. The number of nitrogens with zero attached hydrogens (tertiary/aromatic N) is 1. The van der Waals surface area contributed by atoms with Gasteiger partial charge < -0.3 is 0 Å². The Morgan fingerprint density at radius 2 is 2.11 bits per heavy atom. The molecule has 2 aromatic rings. The molecule has 0 bridgehead atoms. The minimum Gasteiger partial charge on any atom is -0.248 e. The molecule has 0 aliphatic rings. The first kappa shape index (κ1) is 13.5. The number of rotatable bonds is 5. The first-order valence-electron chi connectivity index (χ1n) is 5.16. The van der Waals surface area contributed by atoms with Crippen LogP contribution in [0.4, 0.5) is 0 Å². The third-order valence-corrected chi connectivity index (χ3v) is 4.65. The Labute approximate surface area is 115 Å². The van der Waals surface area contributed by atoms with E-state index in [9.17, 15) is 8.42 Å². The number of aromatic nitrogens is 1. The van der Waals surface area contributed by atoms with Gasteiger partial charge in [-0.25, -0.2) is 18.1 Å². The van der Waals surface area contributed by atoms with Crippen molar-refractivity contribution in [3.8, 4) is 0 Å². The van der Waals surface area contributed by atoms with E-state index >= 15 is 0 Å². The van der Waals surface area contributed by atoms with Crippen molar-refractivity contribution in [1.29, 1.82) is 0 Å². The van der Waals surface area contributed by atoms with E-state index in [0.29, 0.717) is 10.6 Å². The summed E-state index contributed by atoms with van der Waals surface area (Å²) in [7, 11) is -3.40. The Bertz CT molecular complexity index is 612. The minimum atomic E-state index is -3.40. The second kappa shape index (κ2) is 5.79. The third kappa shape index (κ3) is 3.78. The summed E-state index contributed by atoms with van der Waals surface area (Å²) < 4.78 is 26.2. The van der Waals surface area contributed by atoms with E-state index in [0.717, 1.165) is 5.01 Å². The Hall–Kier alpha value is -0.950. The van der Waals surface area contributed by atoms with E-state index in [1.165, 1.54) is 11.3 Å². The van der Waals surface area contributed by atoms with Crippen LogP contribution in [-0.2, 0) is 22.3 Å². The summed E-state index contributed by atoms with van der Waals surface area (Å²) in [6.45, 7) is 0.213. The second-order valence-corrected chi connectivity index (χ2v) is 6.79. The number of benzene rings is 1. The van der Waals surface area contributed by atoms with E-state index in [2.05, 4.69) is 9.71 Å². The molecule has 0 aliphatic carbocycles. The lowest BCUT2D eigenvalue weighted by molar-refractivity contribution is 0.580. The molecule has 96 valence electrons. The van der Waals surface area contributed by atoms with Gasteiger partial charge >= 0.3 is 0 Å². The summed E-state index contributed by atoms with van der Waals surface area (Å²) in [5, 5.41) is 2.99. The zero-order chi connectivity index (χ0) is 13.0. The van der Waals surface area contributed by atoms with Crippen LogP contribution < -0.4 is 4.72 Å². The van der Waals surface area contributed by atoms with Gasteiger partial charge in [0, 0.05) is 16.6 Å². The van der Waals surface area contributed by atoms with E-state index in [1.807, 2.05) is 0 Å². The molecular weight excluding hydrogens is 292 g/mol. The van der Waals surface area contributed by atoms with Crippen molar-refractivity contribution in [2.24, 2.45) is 0 Å². The number of hydrogen-bond donors (Lipinski definition) is 1. The third-order valence-electron chi connectivity index (χ3n) is 2.23. The average molecular weight is 303 g/mol. The van der Waals surface area contributed by atoms with Gasteiger partial charge in [-0.1, -0.05) is 29.8 Å². The maximum atomic E-state index is 11.9. The van der Waals surface area contributed by atoms with Crippen LogP contribution >= 0.6 is 22.9 Å². The van der Waals surface area contributed by atoms with Gasteiger partial charge in [0.15, 0.2) is 0 Å². The van der Waals surface area contributed by atoms with Gasteiger partial charge in [-0.05, 0) is 11.6 Å². The van der Waals surface area contributed by atoms with Gasteiger partial charge in [0.05, 0.1) is 12.3 Å². The van der Waals surface area contributed by atoms with Gasteiger partial charge in [-0.3, -0.25) is 0 Å². The molecule has 0 radical (unpaired) electrons. The lowest BCUT2D eigenvalue weighted by atomic mass is 10.2. The first-order valence-corrected chi connectivity index (χ1v) is 8.07. The fourth-order valence-electron chi connectivity index (χ4n) is 1.38. The zero-order valence-electron chi connectivity index (χ0n) is 9.34. The average Bonchev–Trinajstić information content (AvgIpc) is 2.83. The van der Waals surface area contributed by atoms with E-state index in [4.69, 9.17) is 11.6 Å². The van der Waals surface area contributed by atoms with Crippen LogP contribution in [0.2, 0.25) is 5.02 Å². The molecule has 1 heterocycles. The van der Waals surface area contributed by atoms with Gasteiger partial charge in [0.1, 0.15) is 5.01 Å². The summed E-state index contributed by atoms with van der Waals surface area (Å²) in [5.41, 5.74) is 0.589. The molecule has 0 saturated heterocycles. The van der Waals surface area contributed by atoms with E-state index < -0.39 is 10.0 Å². The molecule has 4 nitrogen and oxygen atoms in total. The number of thiazole rings is 1. The number of hydrogen-bond acceptors (Lipinski definition) is 4. The molecule has 0 unspecified atom stereocenters. The standard InChI is InChI=1S/C11H11ClN2O2S2/c12-10-4-2-1-3-9(10)8-18(15,16)14-7-11-13-5-6-17-11/h1-6,14H,7-8H2. The molecule has 0 fully saturated rings. The summed E-state index contributed by atoms with van der Waals surface area (Å²) in [5.74, 6) is -0.127. The van der Waals surface area contributed by atoms with Crippen LogP contribution in [0.15, 0.2) is 35.8 Å². The van der Waals surface area contributed by atoms with Crippen LogP contribution in [0, 0.1) is 0 Å². The Morgan fingerprint density at radius 1 is 1.33 bits per heavy atom. The zero-order valence-corrected chi connectivity index (χ0v) is 11.7.